The Labute approximate surface area is 186 Å². The van der Waals surface area contributed by atoms with Crippen LogP contribution in [-0.2, 0) is 25.6 Å². The summed E-state index contributed by atoms with van der Waals surface area (Å²) in [6.45, 7) is 0.514. The van der Waals surface area contributed by atoms with Gasteiger partial charge in [0.25, 0.3) is 0 Å². The molecule has 0 aliphatic rings. The van der Waals surface area contributed by atoms with Crippen molar-refractivity contribution in [3.8, 4) is 5.75 Å². The summed E-state index contributed by atoms with van der Waals surface area (Å²) in [5.74, 6) is -2.54. The molecule has 0 aliphatic heterocycles. The van der Waals surface area contributed by atoms with Crippen LogP contribution < -0.4 is 26.8 Å². The normalized spacial score (nSPS) is 11.2. The quantitative estimate of drug-likeness (QED) is 0.150. The number of aliphatic imine (C=N–C) groups is 1. The van der Waals surface area contributed by atoms with Gasteiger partial charge >= 0.3 is 5.97 Å². The molecule has 0 saturated heterocycles. The van der Waals surface area contributed by atoms with E-state index in [1.807, 2.05) is 0 Å². The van der Waals surface area contributed by atoms with Gasteiger partial charge in [-0.05, 0) is 30.5 Å². The number of amides is 3. The number of carbonyl (C=O) groups is 4. The average molecular weight is 450 g/mol. The van der Waals surface area contributed by atoms with E-state index in [-0.39, 0.29) is 18.8 Å². The van der Waals surface area contributed by atoms with Crippen LogP contribution in [0.4, 0.5) is 0 Å². The molecule has 1 rings (SSSR count). The number of imide groups is 1. The zero-order valence-electron chi connectivity index (χ0n) is 18.1. The SMILES string of the molecule is COc1ccc(CC(=O)NC(=O)[C@H](CC(=O)O)NC(=O)CCCCCCN=C(N)N)cc1. The van der Waals surface area contributed by atoms with E-state index >= 15 is 0 Å². The summed E-state index contributed by atoms with van der Waals surface area (Å²) >= 11 is 0. The number of carboxylic acids is 1. The minimum atomic E-state index is -1.35. The average Bonchev–Trinajstić information content (AvgIpc) is 2.72. The summed E-state index contributed by atoms with van der Waals surface area (Å²) in [7, 11) is 1.52. The maximum Gasteiger partial charge on any atom is 0.305 e. The van der Waals surface area contributed by atoms with Crippen molar-refractivity contribution in [1.29, 1.82) is 0 Å². The minimum Gasteiger partial charge on any atom is -0.497 e. The number of rotatable bonds is 14. The molecule has 176 valence electrons. The minimum absolute atomic E-state index is 0.0367. The van der Waals surface area contributed by atoms with Gasteiger partial charge in [0.05, 0.1) is 20.0 Å². The highest BCUT2D eigenvalue weighted by molar-refractivity contribution is 6.01. The third-order valence-electron chi connectivity index (χ3n) is 4.42. The second-order valence-corrected chi connectivity index (χ2v) is 7.13. The van der Waals surface area contributed by atoms with Gasteiger partial charge in [-0.15, -0.1) is 0 Å². The Kier molecular flexibility index (Phi) is 11.9. The standard InChI is InChI=1S/C21H31N5O6/c1-32-15-9-7-14(8-10-15)12-18(28)26-20(31)16(13-19(29)30)25-17(27)6-4-2-3-5-11-24-21(22)23/h7-10,16H,2-6,11-13H2,1H3,(H,25,27)(H,29,30)(H4,22,23,24)(H,26,28,31)/t16-/m0/s1. The second kappa shape index (κ2) is 14.4. The van der Waals surface area contributed by atoms with Crippen LogP contribution in [0, 0.1) is 0 Å². The number of unbranched alkanes of at least 4 members (excludes halogenated alkanes) is 3. The fraction of sp³-hybridized carbons (Fsp3) is 0.476. The number of methoxy groups -OCH3 is 1. The van der Waals surface area contributed by atoms with Crippen molar-refractivity contribution < 1.29 is 29.0 Å². The molecule has 3 amide bonds. The molecular formula is C21H31N5O6. The van der Waals surface area contributed by atoms with Crippen LogP contribution in [0.3, 0.4) is 0 Å². The Morgan fingerprint density at radius 2 is 1.69 bits per heavy atom. The van der Waals surface area contributed by atoms with Crippen molar-refractivity contribution >= 4 is 29.7 Å². The smallest absolute Gasteiger partial charge is 0.305 e. The number of nitrogens with zero attached hydrogens (tertiary/aromatic N) is 1. The molecule has 1 atom stereocenters. The van der Waals surface area contributed by atoms with Gasteiger partial charge in [-0.2, -0.15) is 0 Å². The van der Waals surface area contributed by atoms with Crippen molar-refractivity contribution in [2.75, 3.05) is 13.7 Å². The number of hydrogen-bond donors (Lipinski definition) is 5. The van der Waals surface area contributed by atoms with E-state index in [1.165, 1.54) is 7.11 Å². The highest BCUT2D eigenvalue weighted by atomic mass is 16.5. The zero-order valence-corrected chi connectivity index (χ0v) is 18.1. The summed E-state index contributed by atoms with van der Waals surface area (Å²) in [6.07, 6.45) is 2.33. The molecular weight excluding hydrogens is 418 g/mol. The number of ether oxygens (including phenoxy) is 1. The first-order valence-corrected chi connectivity index (χ1v) is 10.2. The Morgan fingerprint density at radius 1 is 1.03 bits per heavy atom. The molecule has 1 aromatic rings. The number of nitrogens with one attached hydrogen (secondary N) is 2. The summed E-state index contributed by atoms with van der Waals surface area (Å²) in [6, 6.07) is 5.37. The topological polar surface area (TPSA) is 186 Å². The number of carbonyl (C=O) groups excluding carboxylic acids is 3. The van der Waals surface area contributed by atoms with E-state index in [4.69, 9.17) is 21.3 Å². The summed E-state index contributed by atoms with van der Waals surface area (Å²) in [4.78, 5) is 51.6. The summed E-state index contributed by atoms with van der Waals surface area (Å²) < 4.78 is 5.04. The molecule has 7 N–H and O–H groups in total. The van der Waals surface area contributed by atoms with Crippen LogP contribution in [0.2, 0.25) is 0 Å². The number of aliphatic carboxylic acids is 1. The van der Waals surface area contributed by atoms with Crippen molar-refractivity contribution in [2.24, 2.45) is 16.5 Å². The van der Waals surface area contributed by atoms with Gasteiger partial charge in [0.2, 0.25) is 17.7 Å². The van der Waals surface area contributed by atoms with Crippen molar-refractivity contribution in [1.82, 2.24) is 10.6 Å². The maximum absolute atomic E-state index is 12.4. The third-order valence-corrected chi connectivity index (χ3v) is 4.42. The lowest BCUT2D eigenvalue weighted by atomic mass is 10.1. The first-order valence-electron chi connectivity index (χ1n) is 10.2. The van der Waals surface area contributed by atoms with Crippen LogP contribution in [0.1, 0.15) is 44.1 Å². The molecule has 0 bridgehead atoms. The number of carboxylic acid groups (broad SMARTS) is 1. The molecule has 0 spiro atoms. The van der Waals surface area contributed by atoms with Crippen molar-refractivity contribution in [3.05, 3.63) is 29.8 Å². The number of hydrogen-bond acceptors (Lipinski definition) is 6. The molecule has 32 heavy (non-hydrogen) atoms. The fourth-order valence-electron chi connectivity index (χ4n) is 2.81. The van der Waals surface area contributed by atoms with Crippen LogP contribution in [0.15, 0.2) is 29.3 Å². The fourth-order valence-corrected chi connectivity index (χ4v) is 2.81. The van der Waals surface area contributed by atoms with Gasteiger partial charge in [-0.25, -0.2) is 0 Å². The highest BCUT2D eigenvalue weighted by Crippen LogP contribution is 2.11. The molecule has 0 aromatic heterocycles. The summed E-state index contributed by atoms with van der Waals surface area (Å²) in [5, 5.41) is 13.6. The monoisotopic (exact) mass is 449 g/mol. The van der Waals surface area contributed by atoms with E-state index in [9.17, 15) is 19.2 Å². The van der Waals surface area contributed by atoms with Crippen LogP contribution >= 0.6 is 0 Å². The lowest BCUT2D eigenvalue weighted by Gasteiger charge is -2.16. The van der Waals surface area contributed by atoms with Gasteiger partial charge < -0.3 is 26.6 Å². The predicted octanol–water partition coefficient (Wildman–Crippen LogP) is 0.0639. The molecule has 0 heterocycles. The van der Waals surface area contributed by atoms with Gasteiger partial charge in [-0.3, -0.25) is 29.5 Å². The first-order chi connectivity index (χ1) is 15.2. The first kappa shape index (κ1) is 26.4. The van der Waals surface area contributed by atoms with E-state index in [0.29, 0.717) is 24.3 Å². The molecule has 0 radical (unpaired) electrons. The lowest BCUT2D eigenvalue weighted by molar-refractivity contribution is -0.142. The third kappa shape index (κ3) is 11.5. The maximum atomic E-state index is 12.4. The molecule has 11 nitrogen and oxygen atoms in total. The predicted molar refractivity (Wildman–Crippen MR) is 118 cm³/mol. The molecule has 0 fully saturated rings. The number of guanidine groups is 1. The molecule has 11 heteroatoms. The Morgan fingerprint density at radius 3 is 2.28 bits per heavy atom. The summed E-state index contributed by atoms with van der Waals surface area (Å²) in [5.41, 5.74) is 11.1. The van der Waals surface area contributed by atoms with Gasteiger partial charge in [0.1, 0.15) is 11.8 Å². The largest absolute Gasteiger partial charge is 0.497 e. The number of nitrogens with two attached hydrogens (primary N) is 2. The van der Waals surface area contributed by atoms with E-state index in [0.717, 1.165) is 19.3 Å². The Balaban J connectivity index is 2.47. The molecule has 0 unspecified atom stereocenters. The van der Waals surface area contributed by atoms with E-state index in [2.05, 4.69) is 15.6 Å². The van der Waals surface area contributed by atoms with Gasteiger partial charge in [0.15, 0.2) is 5.96 Å². The molecule has 0 saturated carbocycles. The zero-order chi connectivity index (χ0) is 23.9. The van der Waals surface area contributed by atoms with E-state index in [1.54, 1.807) is 24.3 Å². The van der Waals surface area contributed by atoms with Crippen molar-refractivity contribution in [2.45, 2.75) is 51.0 Å². The molecule has 0 aliphatic carbocycles. The van der Waals surface area contributed by atoms with Gasteiger partial charge in [0, 0.05) is 13.0 Å². The Bertz CT molecular complexity index is 805. The van der Waals surface area contributed by atoms with E-state index < -0.39 is 36.2 Å². The second-order valence-electron chi connectivity index (χ2n) is 7.13. The molecule has 1 aromatic carbocycles. The highest BCUT2D eigenvalue weighted by Gasteiger charge is 2.25. The van der Waals surface area contributed by atoms with Gasteiger partial charge in [-0.1, -0.05) is 25.0 Å². The van der Waals surface area contributed by atoms with Crippen molar-refractivity contribution in [3.63, 3.8) is 0 Å². The Hall–Kier alpha value is -3.63. The lowest BCUT2D eigenvalue weighted by Crippen LogP contribution is -2.49. The van der Waals surface area contributed by atoms with Crippen LogP contribution in [0.5, 0.6) is 5.75 Å². The van der Waals surface area contributed by atoms with Crippen LogP contribution in [0.25, 0.3) is 0 Å². The number of benzene rings is 1. The van der Waals surface area contributed by atoms with Crippen LogP contribution in [-0.4, -0.2) is 54.5 Å².